The number of carbonyl (C=O) groups is 1. The molecule has 25 heavy (non-hydrogen) atoms. The Morgan fingerprint density at radius 2 is 1.64 bits per heavy atom. The Hall–Kier alpha value is -3.08. The molecule has 1 heterocycles. The summed E-state index contributed by atoms with van der Waals surface area (Å²) < 4.78 is 5.14. The van der Waals surface area contributed by atoms with E-state index < -0.39 is 0 Å². The number of benzene rings is 2. The molecule has 1 aromatic heterocycles. The smallest absolute Gasteiger partial charge is 0.315 e. The fourth-order valence-corrected chi connectivity index (χ4v) is 2.67. The lowest BCUT2D eigenvalue weighted by Gasteiger charge is -2.20. The topological polar surface area (TPSA) is 67.2 Å². The minimum absolute atomic E-state index is 0.199. The van der Waals surface area contributed by atoms with Gasteiger partial charge in [-0.3, -0.25) is 0 Å². The Morgan fingerprint density at radius 1 is 1.04 bits per heavy atom. The zero-order chi connectivity index (χ0) is 17.5. The molecule has 2 amide bonds. The lowest BCUT2D eigenvalue weighted by molar-refractivity contribution is 0.238. The summed E-state index contributed by atoms with van der Waals surface area (Å²) in [5.74, 6) is 0.764. The number of aryl methyl sites for hydroxylation is 1. The zero-order valence-electron chi connectivity index (χ0n) is 14.1. The molecular formula is C20H21N3O2. The summed E-state index contributed by atoms with van der Waals surface area (Å²) in [6.45, 7) is 2.36. The standard InChI is InChI=1S/C20H21N3O2/c1-15-14-18(25-23-15)12-13-21-20(24)22-19(16-8-4-2-5-9-16)17-10-6-3-7-11-17/h2-11,14,19H,12-13H2,1H3,(H2,21,22,24). The van der Waals surface area contributed by atoms with Crippen molar-refractivity contribution < 1.29 is 9.32 Å². The van der Waals surface area contributed by atoms with Crippen molar-refractivity contribution in [2.45, 2.75) is 19.4 Å². The summed E-state index contributed by atoms with van der Waals surface area (Å²) in [6.07, 6.45) is 0.607. The van der Waals surface area contributed by atoms with E-state index in [1.54, 1.807) is 0 Å². The van der Waals surface area contributed by atoms with E-state index in [4.69, 9.17) is 4.52 Å². The summed E-state index contributed by atoms with van der Waals surface area (Å²) >= 11 is 0. The van der Waals surface area contributed by atoms with Gasteiger partial charge in [-0.15, -0.1) is 0 Å². The number of rotatable bonds is 6. The number of amides is 2. The number of urea groups is 1. The first-order valence-electron chi connectivity index (χ1n) is 8.29. The van der Waals surface area contributed by atoms with E-state index >= 15 is 0 Å². The predicted molar refractivity (Wildman–Crippen MR) is 96.2 cm³/mol. The van der Waals surface area contributed by atoms with Gasteiger partial charge in [-0.1, -0.05) is 65.8 Å². The van der Waals surface area contributed by atoms with Crippen LogP contribution in [-0.2, 0) is 6.42 Å². The fraction of sp³-hybridized carbons (Fsp3) is 0.200. The van der Waals surface area contributed by atoms with Gasteiger partial charge in [0.05, 0.1) is 11.7 Å². The first-order chi connectivity index (χ1) is 12.2. The van der Waals surface area contributed by atoms with E-state index in [2.05, 4.69) is 15.8 Å². The van der Waals surface area contributed by atoms with Crippen LogP contribution in [0.25, 0.3) is 0 Å². The maximum absolute atomic E-state index is 12.3. The van der Waals surface area contributed by atoms with Gasteiger partial charge < -0.3 is 15.2 Å². The van der Waals surface area contributed by atoms with Crippen molar-refractivity contribution in [2.24, 2.45) is 0 Å². The molecule has 3 aromatic rings. The number of carbonyl (C=O) groups excluding carboxylic acids is 1. The lowest BCUT2D eigenvalue weighted by atomic mass is 9.99. The maximum Gasteiger partial charge on any atom is 0.315 e. The van der Waals surface area contributed by atoms with E-state index in [0.717, 1.165) is 22.6 Å². The molecule has 0 bridgehead atoms. The molecular weight excluding hydrogens is 314 g/mol. The third kappa shape index (κ3) is 4.70. The molecule has 0 radical (unpaired) electrons. The summed E-state index contributed by atoms with van der Waals surface area (Å²) in [7, 11) is 0. The first kappa shape index (κ1) is 16.8. The van der Waals surface area contributed by atoms with Crippen LogP contribution in [0.4, 0.5) is 4.79 Å². The summed E-state index contributed by atoms with van der Waals surface area (Å²) in [6, 6.07) is 21.3. The average molecular weight is 335 g/mol. The van der Waals surface area contributed by atoms with Crippen LogP contribution in [-0.4, -0.2) is 17.7 Å². The van der Waals surface area contributed by atoms with Gasteiger partial charge in [0.1, 0.15) is 5.76 Å². The van der Waals surface area contributed by atoms with Crippen LogP contribution in [0.2, 0.25) is 0 Å². The highest BCUT2D eigenvalue weighted by atomic mass is 16.5. The summed E-state index contributed by atoms with van der Waals surface area (Å²) in [4.78, 5) is 12.3. The van der Waals surface area contributed by atoms with Crippen molar-refractivity contribution in [3.05, 3.63) is 89.3 Å². The Balaban J connectivity index is 1.62. The highest BCUT2D eigenvalue weighted by molar-refractivity contribution is 5.75. The highest BCUT2D eigenvalue weighted by Gasteiger charge is 2.16. The molecule has 0 aliphatic rings. The monoisotopic (exact) mass is 335 g/mol. The van der Waals surface area contributed by atoms with E-state index in [1.165, 1.54) is 0 Å². The Kier molecular flexibility index (Phi) is 5.46. The number of hydrogen-bond acceptors (Lipinski definition) is 3. The molecule has 0 aliphatic carbocycles. The van der Waals surface area contributed by atoms with Gasteiger partial charge in [-0.05, 0) is 18.1 Å². The van der Waals surface area contributed by atoms with Crippen LogP contribution in [0.3, 0.4) is 0 Å². The minimum Gasteiger partial charge on any atom is -0.361 e. The second-order valence-electron chi connectivity index (χ2n) is 5.84. The van der Waals surface area contributed by atoms with Crippen molar-refractivity contribution in [3.63, 3.8) is 0 Å². The van der Waals surface area contributed by atoms with Crippen LogP contribution >= 0.6 is 0 Å². The molecule has 128 valence electrons. The highest BCUT2D eigenvalue weighted by Crippen LogP contribution is 2.21. The van der Waals surface area contributed by atoms with Gasteiger partial charge in [0.15, 0.2) is 0 Å². The van der Waals surface area contributed by atoms with Crippen molar-refractivity contribution in [2.75, 3.05) is 6.54 Å². The molecule has 2 aromatic carbocycles. The molecule has 0 spiro atoms. The third-order valence-electron chi connectivity index (χ3n) is 3.87. The zero-order valence-corrected chi connectivity index (χ0v) is 14.1. The molecule has 3 rings (SSSR count). The molecule has 0 atom stereocenters. The van der Waals surface area contributed by atoms with E-state index in [-0.39, 0.29) is 12.1 Å². The summed E-state index contributed by atoms with van der Waals surface area (Å²) in [5.41, 5.74) is 2.91. The van der Waals surface area contributed by atoms with E-state index in [0.29, 0.717) is 13.0 Å². The van der Waals surface area contributed by atoms with Gasteiger partial charge in [0.2, 0.25) is 0 Å². The molecule has 0 aliphatic heterocycles. The second-order valence-corrected chi connectivity index (χ2v) is 5.84. The van der Waals surface area contributed by atoms with Crippen molar-refractivity contribution in [1.29, 1.82) is 0 Å². The number of nitrogens with one attached hydrogen (secondary N) is 2. The molecule has 0 fully saturated rings. The molecule has 0 saturated heterocycles. The van der Waals surface area contributed by atoms with Gasteiger partial charge in [0, 0.05) is 19.0 Å². The second kappa shape index (κ2) is 8.15. The maximum atomic E-state index is 12.3. The van der Waals surface area contributed by atoms with E-state index in [1.807, 2.05) is 73.7 Å². The number of hydrogen-bond donors (Lipinski definition) is 2. The van der Waals surface area contributed by atoms with Crippen LogP contribution in [0.5, 0.6) is 0 Å². The fourth-order valence-electron chi connectivity index (χ4n) is 2.67. The minimum atomic E-state index is -0.214. The normalized spacial score (nSPS) is 10.6. The van der Waals surface area contributed by atoms with Crippen molar-refractivity contribution in [1.82, 2.24) is 15.8 Å². The van der Waals surface area contributed by atoms with Crippen molar-refractivity contribution >= 4 is 6.03 Å². The lowest BCUT2D eigenvalue weighted by Crippen LogP contribution is -2.39. The first-order valence-corrected chi connectivity index (χ1v) is 8.29. The van der Waals surface area contributed by atoms with Gasteiger partial charge in [0.25, 0.3) is 0 Å². The number of aromatic nitrogens is 1. The van der Waals surface area contributed by atoms with E-state index in [9.17, 15) is 4.79 Å². The van der Waals surface area contributed by atoms with Crippen LogP contribution < -0.4 is 10.6 Å². The van der Waals surface area contributed by atoms with Crippen LogP contribution in [0.1, 0.15) is 28.6 Å². The SMILES string of the molecule is Cc1cc(CCNC(=O)NC(c2ccccc2)c2ccccc2)on1. The van der Waals surface area contributed by atoms with Crippen molar-refractivity contribution in [3.8, 4) is 0 Å². The third-order valence-corrected chi connectivity index (χ3v) is 3.87. The Labute approximate surface area is 147 Å². The summed E-state index contributed by atoms with van der Waals surface area (Å²) in [5, 5.41) is 9.76. The van der Waals surface area contributed by atoms with Crippen LogP contribution in [0.15, 0.2) is 71.3 Å². The Morgan fingerprint density at radius 3 is 2.16 bits per heavy atom. The van der Waals surface area contributed by atoms with Crippen LogP contribution in [0, 0.1) is 6.92 Å². The molecule has 0 unspecified atom stereocenters. The molecule has 5 nitrogen and oxygen atoms in total. The van der Waals surface area contributed by atoms with Gasteiger partial charge >= 0.3 is 6.03 Å². The quantitative estimate of drug-likeness (QED) is 0.723. The predicted octanol–water partition coefficient (Wildman–Crippen LogP) is 3.61. The molecule has 5 heteroatoms. The molecule has 0 saturated carbocycles. The largest absolute Gasteiger partial charge is 0.361 e. The van der Waals surface area contributed by atoms with Gasteiger partial charge in [-0.25, -0.2) is 4.79 Å². The Bertz CT molecular complexity index is 761. The van der Waals surface area contributed by atoms with Gasteiger partial charge in [-0.2, -0.15) is 0 Å². The molecule has 2 N–H and O–H groups in total. The number of nitrogens with zero attached hydrogens (tertiary/aromatic N) is 1. The average Bonchev–Trinajstić information content (AvgIpc) is 3.06.